The molecule has 3 atom stereocenters. The van der Waals surface area contributed by atoms with Gasteiger partial charge in [-0.2, -0.15) is 0 Å². The zero-order valence-corrected chi connectivity index (χ0v) is 10.9. The Kier molecular flexibility index (Phi) is 3.68. The lowest BCUT2D eigenvalue weighted by Gasteiger charge is -2.41. The van der Waals surface area contributed by atoms with Crippen LogP contribution in [0.5, 0.6) is 0 Å². The lowest BCUT2D eigenvalue weighted by atomic mass is 9.90. The number of piperidine rings is 1. The van der Waals surface area contributed by atoms with Gasteiger partial charge in [0, 0.05) is 31.0 Å². The van der Waals surface area contributed by atoms with Crippen LogP contribution in [0.4, 0.5) is 0 Å². The summed E-state index contributed by atoms with van der Waals surface area (Å²) >= 11 is 0. The number of fused-ring (bicyclic) bond motifs is 2. The highest BCUT2D eigenvalue weighted by molar-refractivity contribution is 5.81. The van der Waals surface area contributed by atoms with Gasteiger partial charge in [0.05, 0.1) is 0 Å². The van der Waals surface area contributed by atoms with Crippen molar-refractivity contribution in [3.05, 3.63) is 0 Å². The summed E-state index contributed by atoms with van der Waals surface area (Å²) in [6, 6.07) is 1.81. The molecular weight excluding hydrogens is 198 g/mol. The largest absolute Gasteiger partial charge is 0.300 e. The van der Waals surface area contributed by atoms with Crippen LogP contribution in [-0.4, -0.2) is 28.8 Å². The maximum Gasteiger partial charge on any atom is 0.136 e. The van der Waals surface area contributed by atoms with E-state index < -0.39 is 0 Å². The standard InChI is InChI=1S/C14H25NO/c1-4-11(5-2)10(3)15-12-6-7-13(15)9-14(16)8-12/h10-13H,4-9H2,1-3H3. The van der Waals surface area contributed by atoms with Crippen LogP contribution in [-0.2, 0) is 4.79 Å². The fraction of sp³-hybridized carbons (Fsp3) is 0.929. The SMILES string of the molecule is CCC(CC)C(C)N1C2CCC1CC(=O)C2. The predicted molar refractivity (Wildman–Crippen MR) is 66.4 cm³/mol. The van der Waals surface area contributed by atoms with E-state index in [1.54, 1.807) is 0 Å². The highest BCUT2D eigenvalue weighted by Crippen LogP contribution is 2.38. The lowest BCUT2D eigenvalue weighted by molar-refractivity contribution is -0.124. The molecule has 2 aliphatic heterocycles. The molecule has 2 nitrogen and oxygen atoms in total. The number of nitrogens with zero attached hydrogens (tertiary/aromatic N) is 1. The third-order valence-corrected chi connectivity index (χ3v) is 4.80. The van der Waals surface area contributed by atoms with E-state index in [9.17, 15) is 4.79 Å². The molecular formula is C14H25NO. The Bertz CT molecular complexity index is 243. The van der Waals surface area contributed by atoms with Gasteiger partial charge >= 0.3 is 0 Å². The minimum absolute atomic E-state index is 0.500. The molecule has 0 aromatic rings. The van der Waals surface area contributed by atoms with Gasteiger partial charge in [-0.3, -0.25) is 9.69 Å². The van der Waals surface area contributed by atoms with E-state index in [-0.39, 0.29) is 0 Å². The minimum atomic E-state index is 0.500. The normalized spacial score (nSPS) is 32.4. The average Bonchev–Trinajstić information content (AvgIpc) is 2.53. The Hall–Kier alpha value is -0.370. The first kappa shape index (κ1) is 12.1. The fourth-order valence-electron chi connectivity index (χ4n) is 3.88. The monoisotopic (exact) mass is 223 g/mol. The highest BCUT2D eigenvalue weighted by atomic mass is 16.1. The summed E-state index contributed by atoms with van der Waals surface area (Å²) in [5.74, 6) is 1.30. The van der Waals surface area contributed by atoms with E-state index in [1.807, 2.05) is 0 Å². The molecule has 0 spiro atoms. The first-order valence-corrected chi connectivity index (χ1v) is 6.96. The molecule has 0 radical (unpaired) electrons. The van der Waals surface area contributed by atoms with Crippen molar-refractivity contribution in [1.82, 2.24) is 4.90 Å². The molecule has 2 aliphatic rings. The molecule has 0 N–H and O–H groups in total. The van der Waals surface area contributed by atoms with Crippen LogP contribution in [0.3, 0.4) is 0 Å². The van der Waals surface area contributed by atoms with E-state index in [2.05, 4.69) is 25.7 Å². The number of carbonyl (C=O) groups excluding carboxylic acids is 1. The second kappa shape index (κ2) is 4.87. The zero-order chi connectivity index (χ0) is 11.7. The molecule has 0 aromatic carbocycles. The summed E-state index contributed by atoms with van der Waals surface area (Å²) in [6.07, 6.45) is 6.67. The first-order valence-electron chi connectivity index (χ1n) is 6.96. The quantitative estimate of drug-likeness (QED) is 0.730. The fourth-order valence-corrected chi connectivity index (χ4v) is 3.88. The van der Waals surface area contributed by atoms with E-state index >= 15 is 0 Å². The van der Waals surface area contributed by atoms with Gasteiger partial charge in [0.15, 0.2) is 0 Å². The van der Waals surface area contributed by atoms with Crippen LogP contribution >= 0.6 is 0 Å². The van der Waals surface area contributed by atoms with Crippen molar-refractivity contribution in [2.24, 2.45) is 5.92 Å². The Morgan fingerprint density at radius 1 is 1.19 bits per heavy atom. The van der Waals surface area contributed by atoms with Gasteiger partial charge in [-0.25, -0.2) is 0 Å². The molecule has 0 aliphatic carbocycles. The Labute approximate surface area is 99.4 Å². The second-order valence-electron chi connectivity index (χ2n) is 5.60. The molecule has 0 amide bonds. The smallest absolute Gasteiger partial charge is 0.136 e. The van der Waals surface area contributed by atoms with Crippen molar-refractivity contribution in [2.75, 3.05) is 0 Å². The number of Topliss-reactive ketones (excluding diaryl/α,β-unsaturated/α-hetero) is 1. The van der Waals surface area contributed by atoms with Gasteiger partial charge in [0.2, 0.25) is 0 Å². The van der Waals surface area contributed by atoms with Crippen molar-refractivity contribution in [1.29, 1.82) is 0 Å². The number of carbonyl (C=O) groups is 1. The highest BCUT2D eigenvalue weighted by Gasteiger charge is 2.43. The van der Waals surface area contributed by atoms with Crippen LogP contribution in [0.15, 0.2) is 0 Å². The Morgan fingerprint density at radius 2 is 1.69 bits per heavy atom. The topological polar surface area (TPSA) is 20.3 Å². The Morgan fingerprint density at radius 3 is 2.12 bits per heavy atom. The van der Waals surface area contributed by atoms with Gasteiger partial charge in [0.25, 0.3) is 0 Å². The number of ketones is 1. The summed E-state index contributed by atoms with van der Waals surface area (Å²) < 4.78 is 0. The van der Waals surface area contributed by atoms with Crippen LogP contribution in [0.1, 0.15) is 59.3 Å². The summed E-state index contributed by atoms with van der Waals surface area (Å²) in [5, 5.41) is 0. The lowest BCUT2D eigenvalue weighted by Crippen LogP contribution is -2.50. The number of hydrogen-bond acceptors (Lipinski definition) is 2. The van der Waals surface area contributed by atoms with E-state index in [1.165, 1.54) is 25.7 Å². The van der Waals surface area contributed by atoms with Crippen molar-refractivity contribution >= 4 is 5.78 Å². The molecule has 2 fully saturated rings. The molecule has 3 unspecified atom stereocenters. The maximum absolute atomic E-state index is 11.6. The van der Waals surface area contributed by atoms with E-state index in [0.717, 1.165) is 18.8 Å². The number of rotatable bonds is 4. The second-order valence-corrected chi connectivity index (χ2v) is 5.60. The Balaban J connectivity index is 2.07. The van der Waals surface area contributed by atoms with Gasteiger partial charge < -0.3 is 0 Å². The maximum atomic E-state index is 11.6. The van der Waals surface area contributed by atoms with Crippen LogP contribution in [0.25, 0.3) is 0 Å². The van der Waals surface area contributed by atoms with Crippen molar-refractivity contribution in [3.63, 3.8) is 0 Å². The third-order valence-electron chi connectivity index (χ3n) is 4.80. The van der Waals surface area contributed by atoms with Crippen molar-refractivity contribution in [2.45, 2.75) is 77.4 Å². The first-order chi connectivity index (χ1) is 7.67. The summed E-state index contributed by atoms with van der Waals surface area (Å²) in [6.45, 7) is 6.96. The van der Waals surface area contributed by atoms with Crippen LogP contribution in [0, 0.1) is 5.92 Å². The van der Waals surface area contributed by atoms with E-state index in [4.69, 9.17) is 0 Å². The van der Waals surface area contributed by atoms with Gasteiger partial charge in [-0.15, -0.1) is 0 Å². The molecule has 2 heteroatoms. The van der Waals surface area contributed by atoms with E-state index in [0.29, 0.717) is 23.9 Å². The third kappa shape index (κ3) is 2.04. The van der Waals surface area contributed by atoms with Crippen LogP contribution < -0.4 is 0 Å². The predicted octanol–water partition coefficient (Wildman–Crippen LogP) is 3.01. The molecule has 0 saturated carbocycles. The molecule has 2 heterocycles. The van der Waals surface area contributed by atoms with Crippen molar-refractivity contribution in [3.8, 4) is 0 Å². The summed E-state index contributed by atoms with van der Waals surface area (Å²) in [5.41, 5.74) is 0. The zero-order valence-electron chi connectivity index (χ0n) is 10.9. The van der Waals surface area contributed by atoms with Crippen molar-refractivity contribution < 1.29 is 4.79 Å². The van der Waals surface area contributed by atoms with Crippen LogP contribution in [0.2, 0.25) is 0 Å². The molecule has 2 bridgehead atoms. The molecule has 2 saturated heterocycles. The minimum Gasteiger partial charge on any atom is -0.300 e. The summed E-state index contributed by atoms with van der Waals surface area (Å²) in [4.78, 5) is 14.3. The average molecular weight is 223 g/mol. The molecule has 2 rings (SSSR count). The van der Waals surface area contributed by atoms with Gasteiger partial charge in [0.1, 0.15) is 5.78 Å². The van der Waals surface area contributed by atoms with Gasteiger partial charge in [-0.1, -0.05) is 26.7 Å². The molecule has 92 valence electrons. The molecule has 16 heavy (non-hydrogen) atoms. The molecule has 0 aromatic heterocycles. The summed E-state index contributed by atoms with van der Waals surface area (Å²) in [7, 11) is 0. The number of hydrogen-bond donors (Lipinski definition) is 0. The van der Waals surface area contributed by atoms with Gasteiger partial charge in [-0.05, 0) is 25.7 Å².